The van der Waals surface area contributed by atoms with E-state index in [1.165, 1.54) is 4.88 Å². The lowest BCUT2D eigenvalue weighted by Gasteiger charge is -2.09. The third-order valence-corrected chi connectivity index (χ3v) is 4.32. The second-order valence-electron chi connectivity index (χ2n) is 4.19. The van der Waals surface area contributed by atoms with Crippen LogP contribution in [-0.4, -0.2) is 15.0 Å². The van der Waals surface area contributed by atoms with E-state index >= 15 is 0 Å². The average molecular weight is 297 g/mol. The molecule has 19 heavy (non-hydrogen) atoms. The quantitative estimate of drug-likeness (QED) is 0.856. The summed E-state index contributed by atoms with van der Waals surface area (Å²) in [4.78, 5) is 14.4. The van der Waals surface area contributed by atoms with Gasteiger partial charge in [-0.1, -0.05) is 25.4 Å². The van der Waals surface area contributed by atoms with Crippen LogP contribution >= 0.6 is 22.9 Å². The number of hydrogen-bond acceptors (Lipinski definition) is 5. The highest BCUT2D eigenvalue weighted by molar-refractivity contribution is 7.11. The van der Waals surface area contributed by atoms with Crippen molar-refractivity contribution >= 4 is 28.8 Å². The molecule has 0 fully saturated rings. The zero-order chi connectivity index (χ0) is 13.8. The Balaban J connectivity index is 2.12. The number of nitrogens with zero attached hydrogens (tertiary/aromatic N) is 3. The molecule has 0 aliphatic carbocycles. The fraction of sp³-hybridized carbons (Fsp3) is 0.462. The minimum absolute atomic E-state index is 0.516. The Morgan fingerprint density at radius 2 is 2.05 bits per heavy atom. The molecule has 0 saturated carbocycles. The van der Waals surface area contributed by atoms with Crippen molar-refractivity contribution in [2.24, 2.45) is 0 Å². The van der Waals surface area contributed by atoms with Crippen molar-refractivity contribution in [1.29, 1.82) is 0 Å². The van der Waals surface area contributed by atoms with Gasteiger partial charge in [0.25, 0.3) is 0 Å². The Kier molecular flexibility index (Phi) is 4.71. The Hall–Kier alpha value is -1.20. The van der Waals surface area contributed by atoms with Gasteiger partial charge in [-0.05, 0) is 13.3 Å². The third kappa shape index (κ3) is 3.42. The lowest BCUT2D eigenvalue weighted by Crippen LogP contribution is -2.06. The fourth-order valence-electron chi connectivity index (χ4n) is 1.62. The van der Waals surface area contributed by atoms with Gasteiger partial charge < -0.3 is 5.32 Å². The molecule has 2 heterocycles. The van der Waals surface area contributed by atoms with Crippen molar-refractivity contribution in [3.63, 3.8) is 0 Å². The van der Waals surface area contributed by atoms with E-state index in [1.807, 2.05) is 20.0 Å². The molecule has 0 radical (unpaired) electrons. The maximum atomic E-state index is 6.10. The van der Waals surface area contributed by atoms with Crippen molar-refractivity contribution in [3.05, 3.63) is 32.6 Å². The van der Waals surface area contributed by atoms with Crippen LogP contribution in [0.3, 0.4) is 0 Å². The van der Waals surface area contributed by atoms with Crippen molar-refractivity contribution in [3.8, 4) is 0 Å². The van der Waals surface area contributed by atoms with Gasteiger partial charge in [0.05, 0.1) is 6.54 Å². The van der Waals surface area contributed by atoms with Crippen molar-refractivity contribution in [1.82, 2.24) is 15.0 Å². The summed E-state index contributed by atoms with van der Waals surface area (Å²) in [5.74, 6) is 1.55. The highest BCUT2D eigenvalue weighted by atomic mass is 35.5. The molecule has 1 N–H and O–H groups in total. The van der Waals surface area contributed by atoms with E-state index in [0.717, 1.165) is 35.1 Å². The second-order valence-corrected chi connectivity index (χ2v) is 5.74. The van der Waals surface area contributed by atoms with Gasteiger partial charge in [0.15, 0.2) is 0 Å². The molecular formula is C13H17ClN4S. The molecule has 0 bridgehead atoms. The maximum Gasteiger partial charge on any atom is 0.137 e. The first-order valence-electron chi connectivity index (χ1n) is 6.34. The topological polar surface area (TPSA) is 50.7 Å². The van der Waals surface area contributed by atoms with Crippen LogP contribution in [0.25, 0.3) is 0 Å². The second kappa shape index (κ2) is 6.30. The van der Waals surface area contributed by atoms with Gasteiger partial charge in [0.2, 0.25) is 0 Å². The fourth-order valence-corrected chi connectivity index (χ4v) is 2.60. The molecule has 4 nitrogen and oxygen atoms in total. The lowest BCUT2D eigenvalue weighted by atomic mass is 10.3. The number of halogens is 1. The van der Waals surface area contributed by atoms with E-state index in [1.54, 1.807) is 11.3 Å². The molecule has 0 aliphatic heterocycles. The van der Waals surface area contributed by atoms with Gasteiger partial charge in [-0.2, -0.15) is 0 Å². The first-order valence-corrected chi connectivity index (χ1v) is 7.54. The molecule has 0 unspecified atom stereocenters. The van der Waals surface area contributed by atoms with Gasteiger partial charge in [-0.15, -0.1) is 11.3 Å². The van der Waals surface area contributed by atoms with Crippen molar-refractivity contribution in [2.75, 3.05) is 5.32 Å². The number of nitrogens with one attached hydrogen (secondary N) is 1. The Morgan fingerprint density at radius 3 is 2.68 bits per heavy atom. The summed E-state index contributed by atoms with van der Waals surface area (Å²) >= 11 is 7.82. The minimum Gasteiger partial charge on any atom is -0.363 e. The van der Waals surface area contributed by atoms with E-state index in [9.17, 15) is 0 Å². The van der Waals surface area contributed by atoms with Crippen LogP contribution in [0.2, 0.25) is 5.15 Å². The smallest absolute Gasteiger partial charge is 0.137 e. The highest BCUT2D eigenvalue weighted by Gasteiger charge is 2.09. The Morgan fingerprint density at radius 1 is 1.26 bits per heavy atom. The summed E-state index contributed by atoms with van der Waals surface area (Å²) < 4.78 is 0. The molecule has 102 valence electrons. The summed E-state index contributed by atoms with van der Waals surface area (Å²) in [6, 6.07) is 0. The van der Waals surface area contributed by atoms with E-state index in [4.69, 9.17) is 11.6 Å². The van der Waals surface area contributed by atoms with Crippen LogP contribution in [0.15, 0.2) is 6.20 Å². The van der Waals surface area contributed by atoms with Crippen LogP contribution < -0.4 is 5.32 Å². The van der Waals surface area contributed by atoms with E-state index in [-0.39, 0.29) is 0 Å². The molecule has 2 rings (SSSR count). The van der Waals surface area contributed by atoms with Crippen molar-refractivity contribution in [2.45, 2.75) is 40.2 Å². The summed E-state index contributed by atoms with van der Waals surface area (Å²) in [6.45, 7) is 6.73. The third-order valence-electron chi connectivity index (χ3n) is 2.81. The monoisotopic (exact) mass is 296 g/mol. The minimum atomic E-state index is 0.516. The van der Waals surface area contributed by atoms with Crippen LogP contribution in [0, 0.1) is 6.92 Å². The first kappa shape index (κ1) is 14.2. The zero-order valence-electron chi connectivity index (χ0n) is 11.3. The van der Waals surface area contributed by atoms with Crippen LogP contribution in [0.1, 0.15) is 35.1 Å². The number of thiazole rings is 1. The zero-order valence-corrected chi connectivity index (χ0v) is 12.9. The van der Waals surface area contributed by atoms with Gasteiger partial charge >= 0.3 is 0 Å². The number of anilines is 1. The molecule has 0 amide bonds. The van der Waals surface area contributed by atoms with E-state index in [2.05, 4.69) is 27.2 Å². The standard InChI is InChI=1S/C13H17ClN4S/c1-4-9-6-15-11(19-9)7-16-13-8(3)12(14)17-10(5-2)18-13/h6H,4-5,7H2,1-3H3,(H,16,17,18). The summed E-state index contributed by atoms with van der Waals surface area (Å²) in [5, 5.41) is 4.87. The predicted molar refractivity (Wildman–Crippen MR) is 80.0 cm³/mol. The van der Waals surface area contributed by atoms with Gasteiger partial charge in [-0.3, -0.25) is 0 Å². The molecule has 6 heteroatoms. The SMILES string of the molecule is CCc1nc(Cl)c(C)c(NCc2ncc(CC)s2)n1. The molecule has 2 aromatic rings. The molecule has 0 aromatic carbocycles. The van der Waals surface area contributed by atoms with Gasteiger partial charge in [0, 0.05) is 23.1 Å². The summed E-state index contributed by atoms with van der Waals surface area (Å²) in [6.07, 6.45) is 3.72. The lowest BCUT2D eigenvalue weighted by molar-refractivity contribution is 0.921. The molecule has 2 aromatic heterocycles. The van der Waals surface area contributed by atoms with Gasteiger partial charge in [-0.25, -0.2) is 15.0 Å². The van der Waals surface area contributed by atoms with Crippen molar-refractivity contribution < 1.29 is 0 Å². The molecular weight excluding hydrogens is 280 g/mol. The summed E-state index contributed by atoms with van der Waals surface area (Å²) in [5.41, 5.74) is 0.881. The average Bonchev–Trinajstić information content (AvgIpc) is 2.88. The maximum absolute atomic E-state index is 6.10. The number of rotatable bonds is 5. The van der Waals surface area contributed by atoms with Crippen LogP contribution in [0.4, 0.5) is 5.82 Å². The number of aryl methyl sites for hydroxylation is 2. The van der Waals surface area contributed by atoms with Gasteiger partial charge in [0.1, 0.15) is 21.8 Å². The van der Waals surface area contributed by atoms with Crippen LogP contribution in [-0.2, 0) is 19.4 Å². The predicted octanol–water partition coefficient (Wildman–Crippen LogP) is 3.63. The number of aromatic nitrogens is 3. The molecule has 0 aliphatic rings. The summed E-state index contributed by atoms with van der Waals surface area (Å²) in [7, 11) is 0. The largest absolute Gasteiger partial charge is 0.363 e. The normalized spacial score (nSPS) is 10.7. The Labute approximate surface area is 122 Å². The molecule has 0 saturated heterocycles. The molecule has 0 atom stereocenters. The highest BCUT2D eigenvalue weighted by Crippen LogP contribution is 2.21. The molecule has 0 spiro atoms. The number of hydrogen-bond donors (Lipinski definition) is 1. The Bertz CT molecular complexity index is 568. The van der Waals surface area contributed by atoms with E-state index < -0.39 is 0 Å². The van der Waals surface area contributed by atoms with Crippen LogP contribution in [0.5, 0.6) is 0 Å². The first-order chi connectivity index (χ1) is 9.13. The van der Waals surface area contributed by atoms with E-state index in [0.29, 0.717) is 11.7 Å².